The number of rotatable bonds is 4. The molecule has 1 N–H and O–H groups in total. The van der Waals surface area contributed by atoms with E-state index in [2.05, 4.69) is 15.5 Å². The number of nitrogens with zero attached hydrogens (tertiary/aromatic N) is 3. The van der Waals surface area contributed by atoms with Crippen LogP contribution in [0.25, 0.3) is 0 Å². The van der Waals surface area contributed by atoms with Gasteiger partial charge >= 0.3 is 6.03 Å². The standard InChI is InChI=1S/C17H26N4O2/c1-17(2,3)18-16(22)21-9-8-12(10-21)11-23-15-7-6-14(19-20-15)13-4-5-13/h6-7,12-13H,4-5,8-11H2,1-3H3,(H,18,22). The lowest BCUT2D eigenvalue weighted by molar-refractivity contribution is 0.192. The molecule has 1 saturated heterocycles. The first-order valence-electron chi connectivity index (χ1n) is 8.44. The third-order valence-corrected chi connectivity index (χ3v) is 4.18. The molecule has 1 atom stereocenters. The zero-order chi connectivity index (χ0) is 16.4. The lowest BCUT2D eigenvalue weighted by atomic mass is 10.1. The third kappa shape index (κ3) is 4.56. The smallest absolute Gasteiger partial charge is 0.317 e. The van der Waals surface area contributed by atoms with Crippen LogP contribution in [0.3, 0.4) is 0 Å². The number of amides is 2. The van der Waals surface area contributed by atoms with Crippen LogP contribution < -0.4 is 10.1 Å². The molecule has 1 aromatic rings. The van der Waals surface area contributed by atoms with Crippen LogP contribution in [-0.4, -0.2) is 46.4 Å². The summed E-state index contributed by atoms with van der Waals surface area (Å²) in [5.74, 6) is 1.54. The summed E-state index contributed by atoms with van der Waals surface area (Å²) in [6.45, 7) is 8.07. The number of hydrogen-bond donors (Lipinski definition) is 1. The minimum absolute atomic E-state index is 0.00794. The van der Waals surface area contributed by atoms with Gasteiger partial charge in [-0.15, -0.1) is 5.10 Å². The average molecular weight is 318 g/mol. The van der Waals surface area contributed by atoms with E-state index in [0.717, 1.165) is 25.2 Å². The maximum atomic E-state index is 12.1. The van der Waals surface area contributed by atoms with E-state index in [-0.39, 0.29) is 11.6 Å². The van der Waals surface area contributed by atoms with Crippen LogP contribution >= 0.6 is 0 Å². The van der Waals surface area contributed by atoms with Crippen molar-refractivity contribution in [3.05, 3.63) is 17.8 Å². The third-order valence-electron chi connectivity index (χ3n) is 4.18. The Kier molecular flexibility index (Phi) is 4.41. The molecule has 3 rings (SSSR count). The molecule has 1 aromatic heterocycles. The molecule has 2 aliphatic rings. The Morgan fingerprint density at radius 2 is 2.09 bits per heavy atom. The van der Waals surface area contributed by atoms with Crippen LogP contribution in [-0.2, 0) is 0 Å². The fourth-order valence-electron chi connectivity index (χ4n) is 2.76. The molecule has 23 heavy (non-hydrogen) atoms. The van der Waals surface area contributed by atoms with Crippen molar-refractivity contribution in [3.8, 4) is 5.88 Å². The molecule has 2 heterocycles. The molecule has 1 aliphatic carbocycles. The number of nitrogens with one attached hydrogen (secondary N) is 1. The van der Waals surface area contributed by atoms with E-state index >= 15 is 0 Å². The van der Waals surface area contributed by atoms with Gasteiger partial charge in [-0.2, -0.15) is 5.10 Å². The Hall–Kier alpha value is -1.85. The molecule has 6 heteroatoms. The summed E-state index contributed by atoms with van der Waals surface area (Å²) in [5.41, 5.74) is 0.869. The molecule has 0 aromatic carbocycles. The summed E-state index contributed by atoms with van der Waals surface area (Å²) in [7, 11) is 0. The van der Waals surface area contributed by atoms with Crippen LogP contribution in [0.4, 0.5) is 4.79 Å². The van der Waals surface area contributed by atoms with Crippen molar-refractivity contribution in [2.24, 2.45) is 5.92 Å². The van der Waals surface area contributed by atoms with Crippen LogP contribution in [0.1, 0.15) is 51.6 Å². The second kappa shape index (κ2) is 6.34. The van der Waals surface area contributed by atoms with Gasteiger partial charge in [-0.1, -0.05) is 0 Å². The quantitative estimate of drug-likeness (QED) is 0.926. The van der Waals surface area contributed by atoms with E-state index in [9.17, 15) is 4.79 Å². The predicted molar refractivity (Wildman–Crippen MR) is 87.5 cm³/mol. The fraction of sp³-hybridized carbons (Fsp3) is 0.706. The monoisotopic (exact) mass is 318 g/mol. The van der Waals surface area contributed by atoms with Crippen molar-refractivity contribution in [3.63, 3.8) is 0 Å². The summed E-state index contributed by atoms with van der Waals surface area (Å²) >= 11 is 0. The van der Waals surface area contributed by atoms with Gasteiger partial charge in [-0.05, 0) is 46.1 Å². The highest BCUT2D eigenvalue weighted by molar-refractivity contribution is 5.75. The molecule has 0 spiro atoms. The summed E-state index contributed by atoms with van der Waals surface area (Å²) in [6, 6.07) is 3.92. The number of hydrogen-bond acceptors (Lipinski definition) is 4. The van der Waals surface area contributed by atoms with E-state index in [0.29, 0.717) is 24.3 Å². The van der Waals surface area contributed by atoms with Crippen molar-refractivity contribution in [2.45, 2.75) is 51.5 Å². The van der Waals surface area contributed by atoms with Crippen LogP contribution in [0.5, 0.6) is 5.88 Å². The Balaban J connectivity index is 1.43. The molecule has 1 unspecified atom stereocenters. The van der Waals surface area contributed by atoms with Gasteiger partial charge in [0.2, 0.25) is 5.88 Å². The van der Waals surface area contributed by atoms with Gasteiger partial charge in [-0.3, -0.25) is 0 Å². The minimum Gasteiger partial charge on any atom is -0.476 e. The fourth-order valence-corrected chi connectivity index (χ4v) is 2.76. The van der Waals surface area contributed by atoms with Crippen molar-refractivity contribution >= 4 is 6.03 Å². The van der Waals surface area contributed by atoms with Crippen LogP contribution in [0.15, 0.2) is 12.1 Å². The van der Waals surface area contributed by atoms with E-state index in [4.69, 9.17) is 4.74 Å². The first-order chi connectivity index (χ1) is 10.9. The van der Waals surface area contributed by atoms with Crippen molar-refractivity contribution < 1.29 is 9.53 Å². The number of likely N-dealkylation sites (tertiary alicyclic amines) is 1. The molecule has 126 valence electrons. The Bertz CT molecular complexity index is 549. The summed E-state index contributed by atoms with van der Waals surface area (Å²) in [4.78, 5) is 14.0. The average Bonchev–Trinajstić information content (AvgIpc) is 3.22. The number of urea groups is 1. The lowest BCUT2D eigenvalue weighted by Crippen LogP contribution is -2.47. The van der Waals surface area contributed by atoms with Crippen molar-refractivity contribution in [1.29, 1.82) is 0 Å². The topological polar surface area (TPSA) is 67.4 Å². The van der Waals surface area contributed by atoms with Gasteiger partial charge < -0.3 is 15.0 Å². The van der Waals surface area contributed by atoms with Crippen molar-refractivity contribution in [1.82, 2.24) is 20.4 Å². The normalized spacial score (nSPS) is 21.3. The molecule has 1 aliphatic heterocycles. The van der Waals surface area contributed by atoms with Gasteiger partial charge in [0.15, 0.2) is 0 Å². The second-order valence-electron chi connectivity index (χ2n) is 7.66. The zero-order valence-corrected chi connectivity index (χ0v) is 14.2. The lowest BCUT2D eigenvalue weighted by Gasteiger charge is -2.25. The Morgan fingerprint density at radius 1 is 1.30 bits per heavy atom. The molecule has 2 fully saturated rings. The molecule has 1 saturated carbocycles. The SMILES string of the molecule is CC(C)(C)NC(=O)N1CCC(COc2ccc(C3CC3)nn2)C1. The molecule has 0 bridgehead atoms. The van der Waals surface area contributed by atoms with E-state index in [1.165, 1.54) is 12.8 Å². The Morgan fingerprint density at radius 3 is 2.70 bits per heavy atom. The van der Waals surface area contributed by atoms with Gasteiger partial charge in [0.1, 0.15) is 0 Å². The van der Waals surface area contributed by atoms with E-state index in [1.807, 2.05) is 37.8 Å². The highest BCUT2D eigenvalue weighted by Crippen LogP contribution is 2.38. The van der Waals surface area contributed by atoms with E-state index < -0.39 is 0 Å². The minimum atomic E-state index is -0.204. The predicted octanol–water partition coefficient (Wildman–Crippen LogP) is 2.56. The molecule has 2 amide bonds. The van der Waals surface area contributed by atoms with Gasteiger partial charge in [0.05, 0.1) is 12.3 Å². The largest absolute Gasteiger partial charge is 0.476 e. The Labute approximate surface area is 137 Å². The van der Waals surface area contributed by atoms with Gasteiger partial charge in [0.25, 0.3) is 0 Å². The van der Waals surface area contributed by atoms with Gasteiger partial charge in [0, 0.05) is 36.5 Å². The number of aromatic nitrogens is 2. The van der Waals surface area contributed by atoms with E-state index in [1.54, 1.807) is 0 Å². The maximum Gasteiger partial charge on any atom is 0.317 e. The summed E-state index contributed by atoms with van der Waals surface area (Å²) in [5, 5.41) is 11.4. The first-order valence-corrected chi connectivity index (χ1v) is 8.44. The number of carbonyl (C=O) groups excluding carboxylic acids is 1. The summed E-state index contributed by atoms with van der Waals surface area (Å²) in [6.07, 6.45) is 3.41. The molecule has 0 radical (unpaired) electrons. The maximum absolute atomic E-state index is 12.1. The second-order valence-corrected chi connectivity index (χ2v) is 7.66. The number of ether oxygens (including phenoxy) is 1. The molecular weight excluding hydrogens is 292 g/mol. The van der Waals surface area contributed by atoms with Crippen LogP contribution in [0, 0.1) is 5.92 Å². The highest BCUT2D eigenvalue weighted by atomic mass is 16.5. The highest BCUT2D eigenvalue weighted by Gasteiger charge is 2.29. The van der Waals surface area contributed by atoms with Gasteiger partial charge in [-0.25, -0.2) is 4.79 Å². The summed E-state index contributed by atoms with van der Waals surface area (Å²) < 4.78 is 5.74. The van der Waals surface area contributed by atoms with Crippen molar-refractivity contribution in [2.75, 3.05) is 19.7 Å². The zero-order valence-electron chi connectivity index (χ0n) is 14.2. The van der Waals surface area contributed by atoms with Crippen LogP contribution in [0.2, 0.25) is 0 Å². The number of carbonyl (C=O) groups is 1. The molecule has 6 nitrogen and oxygen atoms in total. The molecular formula is C17H26N4O2. The first kappa shape index (κ1) is 16.0.